The number of rotatable bonds is 5. The Labute approximate surface area is 141 Å². The van der Waals surface area contributed by atoms with Crippen LogP contribution in [0.25, 0.3) is 22.3 Å². The zero-order valence-electron chi connectivity index (χ0n) is 14.0. The molecule has 1 fully saturated rings. The first-order valence-corrected chi connectivity index (χ1v) is 8.42. The van der Waals surface area contributed by atoms with Crippen molar-refractivity contribution in [2.75, 3.05) is 11.9 Å². The number of nitrogens with zero attached hydrogens (tertiary/aromatic N) is 2. The predicted octanol–water partition coefficient (Wildman–Crippen LogP) is 4.28. The van der Waals surface area contributed by atoms with Gasteiger partial charge in [0, 0.05) is 24.0 Å². The molecule has 1 aliphatic rings. The molecular weight excluding hydrogens is 298 g/mol. The number of nitrogens with one attached hydrogen (secondary N) is 1. The predicted molar refractivity (Wildman–Crippen MR) is 97.0 cm³/mol. The Morgan fingerprint density at radius 3 is 2.62 bits per heavy atom. The van der Waals surface area contributed by atoms with Gasteiger partial charge in [0.25, 0.3) is 0 Å². The third-order valence-electron chi connectivity index (χ3n) is 4.61. The van der Waals surface area contributed by atoms with Crippen LogP contribution in [0.5, 0.6) is 0 Å². The van der Waals surface area contributed by atoms with E-state index in [1.807, 2.05) is 55.5 Å². The Kier molecular flexibility index (Phi) is 3.69. The van der Waals surface area contributed by atoms with E-state index in [2.05, 4.69) is 18.3 Å². The fourth-order valence-corrected chi connectivity index (χ4v) is 3.11. The molecule has 2 aromatic carbocycles. The molecule has 1 aromatic heterocycles. The van der Waals surface area contributed by atoms with Crippen LogP contribution in [0.15, 0.2) is 54.6 Å². The summed E-state index contributed by atoms with van der Waals surface area (Å²) in [7, 11) is 0. The monoisotopic (exact) mass is 319 g/mol. The minimum Gasteiger partial charge on any atom is -0.373 e. The molecular formula is C20H21N3O. The normalized spacial score (nSPS) is 22.5. The molecule has 0 unspecified atom stereocenters. The Bertz CT molecular complexity index is 865. The lowest BCUT2D eigenvalue weighted by Gasteiger charge is -2.14. The molecule has 1 saturated carbocycles. The van der Waals surface area contributed by atoms with Crippen LogP contribution in [-0.2, 0) is 4.74 Å². The van der Waals surface area contributed by atoms with E-state index < -0.39 is 0 Å². The summed E-state index contributed by atoms with van der Waals surface area (Å²) < 4.78 is 5.85. The van der Waals surface area contributed by atoms with Crippen molar-refractivity contribution in [3.8, 4) is 11.4 Å². The van der Waals surface area contributed by atoms with Crippen molar-refractivity contribution >= 4 is 16.7 Å². The molecule has 1 heterocycles. The fraction of sp³-hybridized carbons (Fsp3) is 0.300. The number of fused-ring (bicyclic) bond motifs is 1. The van der Waals surface area contributed by atoms with Gasteiger partial charge in [0.15, 0.2) is 5.82 Å². The van der Waals surface area contributed by atoms with Crippen molar-refractivity contribution in [2.45, 2.75) is 31.9 Å². The second-order valence-electron chi connectivity index (χ2n) is 6.43. The number of anilines is 1. The van der Waals surface area contributed by atoms with E-state index in [0.29, 0.717) is 6.04 Å². The molecule has 0 bridgehead atoms. The molecule has 0 amide bonds. The summed E-state index contributed by atoms with van der Waals surface area (Å²) in [4.78, 5) is 9.52. The number of aromatic nitrogens is 2. The van der Waals surface area contributed by atoms with Crippen LogP contribution in [0, 0.1) is 0 Å². The first kappa shape index (κ1) is 15.1. The van der Waals surface area contributed by atoms with Gasteiger partial charge in [-0.05, 0) is 26.0 Å². The molecule has 122 valence electrons. The zero-order valence-corrected chi connectivity index (χ0v) is 14.0. The van der Waals surface area contributed by atoms with Gasteiger partial charge in [-0.15, -0.1) is 0 Å². The smallest absolute Gasteiger partial charge is 0.162 e. The first-order valence-electron chi connectivity index (χ1n) is 8.42. The van der Waals surface area contributed by atoms with E-state index >= 15 is 0 Å². The molecule has 1 N–H and O–H groups in total. The molecule has 2 atom stereocenters. The first-order chi connectivity index (χ1) is 11.7. The highest BCUT2D eigenvalue weighted by Crippen LogP contribution is 2.42. The molecule has 24 heavy (non-hydrogen) atoms. The van der Waals surface area contributed by atoms with Gasteiger partial charge in [0.2, 0.25) is 0 Å². The average molecular weight is 319 g/mol. The standard InChI is InChI=1S/C20H21N3O/c1-3-24-20(2)13-17(20)22-19-15-11-7-8-12-16(15)21-18(23-19)14-9-5-4-6-10-14/h4-12,17H,3,13H2,1-2H3,(H,21,22,23)/t17-,20+/m1/s1. The number of para-hydroxylation sites is 1. The Hall–Kier alpha value is -2.46. The number of hydrogen-bond acceptors (Lipinski definition) is 4. The lowest BCUT2D eigenvalue weighted by Crippen LogP contribution is -2.20. The minimum atomic E-state index is -0.0896. The minimum absolute atomic E-state index is 0.0896. The van der Waals surface area contributed by atoms with Crippen molar-refractivity contribution in [1.29, 1.82) is 0 Å². The lowest BCUT2D eigenvalue weighted by molar-refractivity contribution is 0.0535. The van der Waals surface area contributed by atoms with Gasteiger partial charge < -0.3 is 10.1 Å². The van der Waals surface area contributed by atoms with Crippen LogP contribution < -0.4 is 5.32 Å². The molecule has 0 radical (unpaired) electrons. The maximum absolute atomic E-state index is 5.85. The SMILES string of the molecule is CCO[C@@]1(C)C[C@H]1Nc1nc(-c2ccccc2)nc2ccccc12. The van der Waals surface area contributed by atoms with Crippen LogP contribution in [0.1, 0.15) is 20.3 Å². The maximum atomic E-state index is 5.85. The summed E-state index contributed by atoms with van der Waals surface area (Å²) in [6, 6.07) is 18.5. The number of benzene rings is 2. The number of ether oxygens (including phenoxy) is 1. The second kappa shape index (κ2) is 5.87. The Morgan fingerprint density at radius 1 is 1.08 bits per heavy atom. The van der Waals surface area contributed by atoms with E-state index in [4.69, 9.17) is 14.7 Å². The molecule has 0 saturated heterocycles. The van der Waals surface area contributed by atoms with Gasteiger partial charge >= 0.3 is 0 Å². The van der Waals surface area contributed by atoms with Gasteiger partial charge in [0.05, 0.1) is 17.2 Å². The van der Waals surface area contributed by atoms with Crippen LogP contribution in [0.4, 0.5) is 5.82 Å². The van der Waals surface area contributed by atoms with Gasteiger partial charge in [-0.1, -0.05) is 42.5 Å². The highest BCUT2D eigenvalue weighted by molar-refractivity contribution is 5.90. The van der Waals surface area contributed by atoms with E-state index in [1.54, 1.807) is 0 Å². The fourth-order valence-electron chi connectivity index (χ4n) is 3.11. The van der Waals surface area contributed by atoms with Crippen LogP contribution in [0.3, 0.4) is 0 Å². The van der Waals surface area contributed by atoms with Gasteiger partial charge in [-0.3, -0.25) is 0 Å². The van der Waals surface area contributed by atoms with Crippen LogP contribution in [-0.4, -0.2) is 28.2 Å². The molecule has 0 aliphatic heterocycles. The quantitative estimate of drug-likeness (QED) is 0.762. The second-order valence-corrected chi connectivity index (χ2v) is 6.43. The van der Waals surface area contributed by atoms with E-state index in [9.17, 15) is 0 Å². The molecule has 1 aliphatic carbocycles. The summed E-state index contributed by atoms with van der Waals surface area (Å²) in [5, 5.41) is 4.61. The third-order valence-corrected chi connectivity index (χ3v) is 4.61. The van der Waals surface area contributed by atoms with Crippen molar-refractivity contribution in [2.24, 2.45) is 0 Å². The van der Waals surface area contributed by atoms with E-state index in [-0.39, 0.29) is 5.60 Å². The van der Waals surface area contributed by atoms with Gasteiger partial charge in [-0.25, -0.2) is 9.97 Å². The summed E-state index contributed by atoms with van der Waals surface area (Å²) >= 11 is 0. The van der Waals surface area contributed by atoms with Crippen LogP contribution >= 0.6 is 0 Å². The van der Waals surface area contributed by atoms with Crippen molar-refractivity contribution in [1.82, 2.24) is 9.97 Å². The summed E-state index contributed by atoms with van der Waals surface area (Å²) in [5.41, 5.74) is 1.88. The molecule has 4 heteroatoms. The molecule has 0 spiro atoms. The largest absolute Gasteiger partial charge is 0.373 e. The highest BCUT2D eigenvalue weighted by atomic mass is 16.5. The molecule has 3 aromatic rings. The third kappa shape index (κ3) is 2.74. The highest BCUT2D eigenvalue weighted by Gasteiger charge is 2.51. The number of hydrogen-bond donors (Lipinski definition) is 1. The molecule has 4 nitrogen and oxygen atoms in total. The summed E-state index contributed by atoms with van der Waals surface area (Å²) in [5.74, 6) is 1.63. The van der Waals surface area contributed by atoms with Crippen molar-refractivity contribution < 1.29 is 4.74 Å². The Balaban J connectivity index is 1.74. The average Bonchev–Trinajstić information content (AvgIpc) is 3.25. The topological polar surface area (TPSA) is 47.0 Å². The lowest BCUT2D eigenvalue weighted by atomic mass is 10.2. The van der Waals surface area contributed by atoms with Crippen molar-refractivity contribution in [3.63, 3.8) is 0 Å². The summed E-state index contributed by atoms with van der Waals surface area (Å²) in [6.45, 7) is 4.92. The van der Waals surface area contributed by atoms with Crippen molar-refractivity contribution in [3.05, 3.63) is 54.6 Å². The summed E-state index contributed by atoms with van der Waals surface area (Å²) in [6.07, 6.45) is 1.000. The van der Waals surface area contributed by atoms with E-state index in [1.165, 1.54) is 0 Å². The van der Waals surface area contributed by atoms with Crippen LogP contribution in [0.2, 0.25) is 0 Å². The zero-order chi connectivity index (χ0) is 16.6. The Morgan fingerprint density at radius 2 is 1.83 bits per heavy atom. The van der Waals surface area contributed by atoms with E-state index in [0.717, 1.165) is 41.1 Å². The van der Waals surface area contributed by atoms with Gasteiger partial charge in [-0.2, -0.15) is 0 Å². The maximum Gasteiger partial charge on any atom is 0.162 e. The van der Waals surface area contributed by atoms with Gasteiger partial charge in [0.1, 0.15) is 5.82 Å². The molecule has 4 rings (SSSR count).